The number of aromatic hydroxyl groups is 2. The minimum absolute atomic E-state index is 0.0790. The van der Waals surface area contributed by atoms with Crippen molar-refractivity contribution in [3.63, 3.8) is 0 Å². The normalized spacial score (nSPS) is 10.3. The van der Waals surface area contributed by atoms with Gasteiger partial charge in [-0.2, -0.15) is 4.89 Å². The zero-order chi connectivity index (χ0) is 18.4. The van der Waals surface area contributed by atoms with Crippen LogP contribution in [0.3, 0.4) is 0 Å². The summed E-state index contributed by atoms with van der Waals surface area (Å²) in [6.45, 7) is 0.220. The van der Waals surface area contributed by atoms with Gasteiger partial charge in [-0.15, -0.1) is 0 Å². The molecule has 0 aromatic heterocycles. The van der Waals surface area contributed by atoms with Crippen LogP contribution in [0.2, 0.25) is 0 Å². The van der Waals surface area contributed by atoms with Gasteiger partial charge in [-0.25, -0.2) is 4.79 Å². The first kappa shape index (κ1) is 17.3. The molecule has 3 aromatic rings. The third kappa shape index (κ3) is 4.75. The molecule has 0 saturated carbocycles. The van der Waals surface area contributed by atoms with Gasteiger partial charge in [0.2, 0.25) is 0 Å². The van der Waals surface area contributed by atoms with Crippen molar-refractivity contribution in [3.8, 4) is 23.0 Å². The third-order valence-corrected chi connectivity index (χ3v) is 3.45. The van der Waals surface area contributed by atoms with Gasteiger partial charge in [0.1, 0.15) is 23.9 Å². The van der Waals surface area contributed by atoms with Crippen molar-refractivity contribution in [1.82, 2.24) is 0 Å². The number of benzene rings is 3. The van der Waals surface area contributed by atoms with E-state index in [4.69, 9.17) is 14.5 Å². The average molecular weight is 352 g/mol. The lowest BCUT2D eigenvalue weighted by Crippen LogP contribution is -2.08. The van der Waals surface area contributed by atoms with Gasteiger partial charge in [0.15, 0.2) is 5.75 Å². The Morgan fingerprint density at radius 3 is 1.88 bits per heavy atom. The van der Waals surface area contributed by atoms with Gasteiger partial charge in [0.25, 0.3) is 0 Å². The van der Waals surface area contributed by atoms with Crippen molar-refractivity contribution in [2.24, 2.45) is 0 Å². The minimum Gasteiger partial charge on any atom is -0.508 e. The van der Waals surface area contributed by atoms with E-state index in [0.29, 0.717) is 17.1 Å². The minimum atomic E-state index is -0.526. The molecular weight excluding hydrogens is 336 g/mol. The number of hydrogen-bond acceptors (Lipinski definition) is 6. The number of carbonyl (C=O) groups excluding carboxylic acids is 1. The molecule has 6 nitrogen and oxygen atoms in total. The molecule has 132 valence electrons. The van der Waals surface area contributed by atoms with Crippen LogP contribution in [0.5, 0.6) is 23.0 Å². The zero-order valence-electron chi connectivity index (χ0n) is 13.7. The Balaban J connectivity index is 1.50. The molecule has 0 spiro atoms. The molecule has 3 aromatic carbocycles. The molecule has 0 unspecified atom stereocenters. The molecule has 0 saturated heterocycles. The van der Waals surface area contributed by atoms with Crippen molar-refractivity contribution >= 4 is 5.97 Å². The van der Waals surface area contributed by atoms with Gasteiger partial charge in [0.05, 0.1) is 5.56 Å². The number of rotatable bonds is 6. The molecule has 6 heteroatoms. The van der Waals surface area contributed by atoms with E-state index in [1.165, 1.54) is 24.3 Å². The van der Waals surface area contributed by atoms with E-state index in [1.807, 2.05) is 0 Å². The predicted molar refractivity (Wildman–Crippen MR) is 93.0 cm³/mol. The molecule has 0 aliphatic carbocycles. The first-order chi connectivity index (χ1) is 12.6. The fourth-order valence-electron chi connectivity index (χ4n) is 2.08. The number of esters is 1. The molecule has 0 radical (unpaired) electrons. The molecule has 0 atom stereocenters. The summed E-state index contributed by atoms with van der Waals surface area (Å²) in [5.74, 6) is 0.548. The van der Waals surface area contributed by atoms with Gasteiger partial charge in [-0.05, 0) is 66.2 Å². The van der Waals surface area contributed by atoms with Crippen LogP contribution in [0.4, 0.5) is 0 Å². The monoisotopic (exact) mass is 352 g/mol. The second kappa shape index (κ2) is 8.04. The molecule has 0 heterocycles. The van der Waals surface area contributed by atoms with Gasteiger partial charge >= 0.3 is 5.97 Å². The quantitative estimate of drug-likeness (QED) is 0.304. The lowest BCUT2D eigenvalue weighted by Gasteiger charge is -2.07. The maximum absolute atomic E-state index is 12.0. The maximum atomic E-state index is 12.0. The highest BCUT2D eigenvalue weighted by Gasteiger charge is 2.08. The Bertz CT molecular complexity index is 854. The van der Waals surface area contributed by atoms with Crippen LogP contribution in [-0.4, -0.2) is 16.2 Å². The van der Waals surface area contributed by atoms with Gasteiger partial charge in [-0.3, -0.25) is 0 Å². The summed E-state index contributed by atoms with van der Waals surface area (Å²) in [6, 6.07) is 18.7. The topological polar surface area (TPSA) is 85.2 Å². The molecule has 3 rings (SSSR count). The smallest absolute Gasteiger partial charge is 0.343 e. The number of hydrogen-bond donors (Lipinski definition) is 2. The van der Waals surface area contributed by atoms with E-state index in [-0.39, 0.29) is 18.1 Å². The zero-order valence-corrected chi connectivity index (χ0v) is 13.7. The fourth-order valence-corrected chi connectivity index (χ4v) is 2.08. The summed E-state index contributed by atoms with van der Waals surface area (Å²) < 4.78 is 5.24. The summed E-state index contributed by atoms with van der Waals surface area (Å²) >= 11 is 0. The van der Waals surface area contributed by atoms with E-state index in [2.05, 4.69) is 0 Å². The summed E-state index contributed by atoms with van der Waals surface area (Å²) in [4.78, 5) is 22.3. The largest absolute Gasteiger partial charge is 0.508 e. The lowest BCUT2D eigenvalue weighted by molar-refractivity contribution is -0.217. The summed E-state index contributed by atoms with van der Waals surface area (Å²) in [5.41, 5.74) is 1.18. The van der Waals surface area contributed by atoms with Crippen molar-refractivity contribution < 1.29 is 29.5 Å². The Hall–Kier alpha value is -3.51. The lowest BCUT2D eigenvalue weighted by atomic mass is 10.2. The molecule has 26 heavy (non-hydrogen) atoms. The Morgan fingerprint density at radius 1 is 0.731 bits per heavy atom. The Labute approximate surface area is 149 Å². The van der Waals surface area contributed by atoms with Gasteiger partial charge in [0, 0.05) is 0 Å². The molecule has 0 fully saturated rings. The van der Waals surface area contributed by atoms with Crippen LogP contribution in [0.1, 0.15) is 15.9 Å². The SMILES string of the molecule is O=C(Oc1ccc(OOCc2ccc(O)cc2)cc1)c1ccc(O)cc1. The summed E-state index contributed by atoms with van der Waals surface area (Å²) in [5, 5.41) is 18.4. The van der Waals surface area contributed by atoms with Crippen molar-refractivity contribution in [2.45, 2.75) is 6.61 Å². The summed E-state index contributed by atoms with van der Waals surface area (Å²) in [7, 11) is 0. The van der Waals surface area contributed by atoms with Crippen LogP contribution in [0, 0.1) is 0 Å². The summed E-state index contributed by atoms with van der Waals surface area (Å²) in [6.07, 6.45) is 0. The highest BCUT2D eigenvalue weighted by molar-refractivity contribution is 5.91. The third-order valence-electron chi connectivity index (χ3n) is 3.45. The van der Waals surface area contributed by atoms with Crippen LogP contribution in [0.25, 0.3) is 0 Å². The van der Waals surface area contributed by atoms with Crippen molar-refractivity contribution in [2.75, 3.05) is 0 Å². The predicted octanol–water partition coefficient (Wildman–Crippen LogP) is 3.83. The first-order valence-electron chi connectivity index (χ1n) is 7.79. The highest BCUT2D eigenvalue weighted by atomic mass is 17.2. The number of ether oxygens (including phenoxy) is 1. The van der Waals surface area contributed by atoms with Crippen LogP contribution in [-0.2, 0) is 11.5 Å². The van der Waals surface area contributed by atoms with E-state index in [1.54, 1.807) is 48.5 Å². The number of phenolic OH excluding ortho intramolecular Hbond substituents is 2. The maximum Gasteiger partial charge on any atom is 0.343 e. The number of phenols is 2. The molecular formula is C20H16O6. The Kier molecular flexibility index (Phi) is 5.36. The fraction of sp³-hybridized carbons (Fsp3) is 0.0500. The molecule has 2 N–H and O–H groups in total. The van der Waals surface area contributed by atoms with Crippen molar-refractivity contribution in [1.29, 1.82) is 0 Å². The highest BCUT2D eigenvalue weighted by Crippen LogP contribution is 2.20. The second-order valence-electron chi connectivity index (χ2n) is 5.42. The van der Waals surface area contributed by atoms with E-state index in [9.17, 15) is 15.0 Å². The second-order valence-corrected chi connectivity index (χ2v) is 5.42. The van der Waals surface area contributed by atoms with E-state index < -0.39 is 5.97 Å². The Morgan fingerprint density at radius 2 is 1.27 bits per heavy atom. The van der Waals surface area contributed by atoms with E-state index >= 15 is 0 Å². The first-order valence-corrected chi connectivity index (χ1v) is 7.79. The standard InChI is InChI=1S/C20H16O6/c21-16-5-1-14(2-6-16)13-24-26-19-11-9-18(10-12-19)25-20(23)15-3-7-17(22)8-4-15/h1-12,21-22H,13H2. The molecule has 0 aliphatic heterocycles. The average Bonchev–Trinajstić information content (AvgIpc) is 2.65. The van der Waals surface area contributed by atoms with Crippen LogP contribution in [0.15, 0.2) is 72.8 Å². The number of carbonyl (C=O) groups is 1. The molecule has 0 amide bonds. The van der Waals surface area contributed by atoms with Gasteiger partial charge in [-0.1, -0.05) is 12.1 Å². The van der Waals surface area contributed by atoms with Crippen LogP contribution < -0.4 is 9.62 Å². The van der Waals surface area contributed by atoms with E-state index in [0.717, 1.165) is 5.56 Å². The molecule has 0 bridgehead atoms. The van der Waals surface area contributed by atoms with Gasteiger partial charge < -0.3 is 19.8 Å². The van der Waals surface area contributed by atoms with Crippen LogP contribution >= 0.6 is 0 Å². The van der Waals surface area contributed by atoms with Crippen molar-refractivity contribution in [3.05, 3.63) is 83.9 Å². The molecule has 0 aliphatic rings.